The Bertz CT molecular complexity index is 389. The molecule has 3 nitrogen and oxygen atoms in total. The molecule has 0 aliphatic rings. The van der Waals surface area contributed by atoms with E-state index in [1.807, 2.05) is 31.2 Å². The van der Waals surface area contributed by atoms with Gasteiger partial charge < -0.3 is 15.2 Å². The third-order valence-corrected chi connectivity index (χ3v) is 2.33. The van der Waals surface area contributed by atoms with E-state index >= 15 is 0 Å². The lowest BCUT2D eigenvalue weighted by atomic mass is 10.1. The van der Waals surface area contributed by atoms with E-state index in [1.54, 1.807) is 14.2 Å². The fraction of sp³-hybridized carbons (Fsp3) is 0.333. The summed E-state index contributed by atoms with van der Waals surface area (Å²) in [5.74, 6) is 1.15. The molecule has 2 N–H and O–H groups in total. The molecular weight excluding hydrogens is 226 g/mol. The molecule has 0 bridgehead atoms. The molecule has 1 aromatic carbocycles. The standard InChI is InChI=1S/C12H16ClNO2/c1-8(14)4-5-9-6-10(13)12(16-3)11(7-9)15-2/h4-8H,14H2,1-3H3/b5-4+. The summed E-state index contributed by atoms with van der Waals surface area (Å²) in [4.78, 5) is 0. The predicted octanol–water partition coefficient (Wildman–Crippen LogP) is 2.72. The molecule has 0 radical (unpaired) electrons. The van der Waals surface area contributed by atoms with Crippen molar-refractivity contribution in [2.45, 2.75) is 13.0 Å². The van der Waals surface area contributed by atoms with Gasteiger partial charge in [0.2, 0.25) is 0 Å². The summed E-state index contributed by atoms with van der Waals surface area (Å²) < 4.78 is 10.3. The number of methoxy groups -OCH3 is 2. The van der Waals surface area contributed by atoms with Crippen molar-refractivity contribution in [1.29, 1.82) is 0 Å². The number of nitrogens with two attached hydrogens (primary N) is 1. The average Bonchev–Trinajstić information content (AvgIpc) is 2.25. The van der Waals surface area contributed by atoms with Crippen molar-refractivity contribution >= 4 is 17.7 Å². The third kappa shape index (κ3) is 3.15. The highest BCUT2D eigenvalue weighted by Crippen LogP contribution is 2.36. The van der Waals surface area contributed by atoms with Crippen LogP contribution in [0.4, 0.5) is 0 Å². The second-order valence-electron chi connectivity index (χ2n) is 3.46. The van der Waals surface area contributed by atoms with Gasteiger partial charge in [-0.2, -0.15) is 0 Å². The van der Waals surface area contributed by atoms with E-state index in [1.165, 1.54) is 0 Å². The van der Waals surface area contributed by atoms with Crippen LogP contribution in [0.25, 0.3) is 6.08 Å². The van der Waals surface area contributed by atoms with Crippen LogP contribution >= 0.6 is 11.6 Å². The fourth-order valence-electron chi connectivity index (χ4n) is 1.30. The van der Waals surface area contributed by atoms with Crippen LogP contribution in [0.5, 0.6) is 11.5 Å². The van der Waals surface area contributed by atoms with Crippen LogP contribution in [-0.4, -0.2) is 20.3 Å². The lowest BCUT2D eigenvalue weighted by molar-refractivity contribution is 0.355. The van der Waals surface area contributed by atoms with Gasteiger partial charge >= 0.3 is 0 Å². The number of halogens is 1. The Hall–Kier alpha value is -1.19. The highest BCUT2D eigenvalue weighted by molar-refractivity contribution is 6.32. The predicted molar refractivity (Wildman–Crippen MR) is 67.2 cm³/mol. The van der Waals surface area contributed by atoms with Crippen molar-refractivity contribution in [2.24, 2.45) is 5.73 Å². The molecular formula is C12H16ClNO2. The van der Waals surface area contributed by atoms with E-state index in [2.05, 4.69) is 0 Å². The Morgan fingerprint density at radius 3 is 2.50 bits per heavy atom. The zero-order valence-electron chi connectivity index (χ0n) is 9.66. The van der Waals surface area contributed by atoms with E-state index in [9.17, 15) is 0 Å². The van der Waals surface area contributed by atoms with E-state index in [4.69, 9.17) is 26.8 Å². The monoisotopic (exact) mass is 241 g/mol. The van der Waals surface area contributed by atoms with Crippen LogP contribution in [0, 0.1) is 0 Å². The van der Waals surface area contributed by atoms with Gasteiger partial charge in [-0.25, -0.2) is 0 Å². The van der Waals surface area contributed by atoms with Gasteiger partial charge in [-0.3, -0.25) is 0 Å². The molecule has 88 valence electrons. The average molecular weight is 242 g/mol. The number of hydrogen-bond donors (Lipinski definition) is 1. The van der Waals surface area contributed by atoms with E-state index < -0.39 is 0 Å². The summed E-state index contributed by atoms with van der Waals surface area (Å²) in [6, 6.07) is 3.66. The van der Waals surface area contributed by atoms with Gasteiger partial charge in [0.15, 0.2) is 11.5 Å². The Morgan fingerprint density at radius 1 is 1.31 bits per heavy atom. The maximum Gasteiger partial charge on any atom is 0.179 e. The first-order chi connectivity index (χ1) is 7.58. The molecule has 0 aliphatic carbocycles. The summed E-state index contributed by atoms with van der Waals surface area (Å²) in [5.41, 5.74) is 6.56. The number of rotatable bonds is 4. The molecule has 4 heteroatoms. The summed E-state index contributed by atoms with van der Waals surface area (Å²) in [6.07, 6.45) is 3.79. The summed E-state index contributed by atoms with van der Waals surface area (Å²) in [6.45, 7) is 1.90. The van der Waals surface area contributed by atoms with Crippen molar-refractivity contribution in [3.05, 3.63) is 28.8 Å². The summed E-state index contributed by atoms with van der Waals surface area (Å²) in [7, 11) is 3.13. The lowest BCUT2D eigenvalue weighted by Gasteiger charge is -2.10. The van der Waals surface area contributed by atoms with Crippen molar-refractivity contribution in [1.82, 2.24) is 0 Å². The van der Waals surface area contributed by atoms with E-state index in [0.717, 1.165) is 5.56 Å². The smallest absolute Gasteiger partial charge is 0.179 e. The number of ether oxygens (including phenoxy) is 2. The Morgan fingerprint density at radius 2 is 2.00 bits per heavy atom. The van der Waals surface area contributed by atoms with Gasteiger partial charge in [0, 0.05) is 6.04 Å². The second kappa shape index (κ2) is 5.77. The molecule has 1 atom stereocenters. The molecule has 1 aromatic rings. The van der Waals surface area contributed by atoms with Gasteiger partial charge in [-0.15, -0.1) is 0 Å². The van der Waals surface area contributed by atoms with E-state index in [-0.39, 0.29) is 6.04 Å². The van der Waals surface area contributed by atoms with Crippen LogP contribution in [0.15, 0.2) is 18.2 Å². The first-order valence-electron chi connectivity index (χ1n) is 4.93. The molecule has 0 saturated heterocycles. The van der Waals surface area contributed by atoms with Crippen molar-refractivity contribution in [3.63, 3.8) is 0 Å². The van der Waals surface area contributed by atoms with Gasteiger partial charge in [-0.05, 0) is 24.6 Å². The van der Waals surface area contributed by atoms with Crippen molar-refractivity contribution in [2.75, 3.05) is 14.2 Å². The molecule has 1 rings (SSSR count). The SMILES string of the molecule is COc1cc(/C=C/C(C)N)cc(Cl)c1OC. The van der Waals surface area contributed by atoms with Crippen molar-refractivity contribution in [3.8, 4) is 11.5 Å². The summed E-state index contributed by atoms with van der Waals surface area (Å²) in [5, 5.41) is 0.520. The molecule has 0 aliphatic heterocycles. The van der Waals surface area contributed by atoms with Gasteiger partial charge in [0.25, 0.3) is 0 Å². The molecule has 0 heterocycles. The summed E-state index contributed by atoms with van der Waals surface area (Å²) >= 11 is 6.06. The highest BCUT2D eigenvalue weighted by atomic mass is 35.5. The lowest BCUT2D eigenvalue weighted by Crippen LogP contribution is -2.09. The van der Waals surface area contributed by atoms with Gasteiger partial charge in [0.05, 0.1) is 19.2 Å². The topological polar surface area (TPSA) is 44.5 Å². The highest BCUT2D eigenvalue weighted by Gasteiger charge is 2.09. The molecule has 1 unspecified atom stereocenters. The Kier molecular flexibility index (Phi) is 4.65. The molecule has 0 amide bonds. The molecule has 0 spiro atoms. The van der Waals surface area contributed by atoms with Gasteiger partial charge in [0.1, 0.15) is 0 Å². The van der Waals surface area contributed by atoms with Crippen LogP contribution in [0.3, 0.4) is 0 Å². The Balaban J connectivity index is 3.10. The minimum absolute atomic E-state index is 0.00636. The number of hydrogen-bond acceptors (Lipinski definition) is 3. The second-order valence-corrected chi connectivity index (χ2v) is 3.86. The molecule has 16 heavy (non-hydrogen) atoms. The minimum Gasteiger partial charge on any atom is -0.493 e. The minimum atomic E-state index is 0.00636. The van der Waals surface area contributed by atoms with Crippen molar-refractivity contribution < 1.29 is 9.47 Å². The zero-order valence-corrected chi connectivity index (χ0v) is 10.4. The molecule has 0 aromatic heterocycles. The maximum atomic E-state index is 6.06. The van der Waals surface area contributed by atoms with Crippen LogP contribution in [0.1, 0.15) is 12.5 Å². The van der Waals surface area contributed by atoms with Gasteiger partial charge in [-0.1, -0.05) is 23.8 Å². The normalized spacial score (nSPS) is 12.8. The first-order valence-corrected chi connectivity index (χ1v) is 5.31. The van der Waals surface area contributed by atoms with Crippen LogP contribution in [0.2, 0.25) is 5.02 Å². The fourth-order valence-corrected chi connectivity index (χ4v) is 1.59. The first kappa shape index (κ1) is 12.9. The maximum absolute atomic E-state index is 6.06. The third-order valence-electron chi connectivity index (χ3n) is 2.05. The van der Waals surface area contributed by atoms with Crippen LogP contribution in [-0.2, 0) is 0 Å². The Labute approximate surface area is 101 Å². The zero-order chi connectivity index (χ0) is 12.1. The number of benzene rings is 1. The van der Waals surface area contributed by atoms with E-state index in [0.29, 0.717) is 16.5 Å². The van der Waals surface area contributed by atoms with Crippen LogP contribution < -0.4 is 15.2 Å². The molecule has 0 saturated carbocycles. The molecule has 0 fully saturated rings. The quantitative estimate of drug-likeness (QED) is 0.882. The largest absolute Gasteiger partial charge is 0.493 e.